The van der Waals surface area contributed by atoms with Gasteiger partial charge in [-0.15, -0.1) is 0 Å². The number of hydrogen-bond donors (Lipinski definition) is 2. The molecule has 28 heteroatoms. The molecule has 0 saturated carbocycles. The molecule has 2 saturated heterocycles. The van der Waals surface area contributed by atoms with Crippen LogP contribution in [0.5, 0.6) is 0 Å². The van der Waals surface area contributed by atoms with Crippen molar-refractivity contribution >= 4 is 66.7 Å². The van der Waals surface area contributed by atoms with Crippen molar-refractivity contribution in [2.45, 2.75) is 107 Å². The molecule has 1 unspecified atom stereocenters. The van der Waals surface area contributed by atoms with E-state index in [1.165, 1.54) is 59.4 Å². The number of benzene rings is 5. The van der Waals surface area contributed by atoms with Gasteiger partial charge < -0.3 is 29.4 Å². The fraction of sp³-hybridized carbons (Fsp3) is 0.295. The maximum Gasteiger partial charge on any atom is 0.476 e. The van der Waals surface area contributed by atoms with Crippen LogP contribution in [0.25, 0.3) is 11.2 Å². The van der Waals surface area contributed by atoms with E-state index in [0.717, 1.165) is 23.2 Å². The van der Waals surface area contributed by atoms with Crippen molar-refractivity contribution in [1.82, 2.24) is 28.7 Å². The number of ether oxygens (including phenoxy) is 4. The number of carbonyl (C=O) groups excluding carboxylic acids is 4. The van der Waals surface area contributed by atoms with Crippen molar-refractivity contribution in [3.05, 3.63) is 220 Å². The second-order valence-electron chi connectivity index (χ2n) is 22.1. The van der Waals surface area contributed by atoms with E-state index in [1.54, 1.807) is 145 Å². The minimum Gasteiger partial charge on any atom is -0.452 e. The van der Waals surface area contributed by atoms with Gasteiger partial charge in [-0.2, -0.15) is 4.57 Å². The molecule has 8 aromatic rings. The molecular formula is C61H61N7O18P2S. The normalized spacial score (nSPS) is 21.0. The predicted molar refractivity (Wildman–Crippen MR) is 322 cm³/mol. The zero-order valence-electron chi connectivity index (χ0n) is 48.6. The monoisotopic (exact) mass is 1270 g/mol. The van der Waals surface area contributed by atoms with E-state index in [2.05, 4.69) is 20.3 Å². The highest BCUT2D eigenvalue weighted by Gasteiger charge is 2.57. The zero-order valence-corrected chi connectivity index (χ0v) is 51.3. The molecule has 2 aliphatic rings. The van der Waals surface area contributed by atoms with Crippen molar-refractivity contribution in [1.29, 1.82) is 0 Å². The Morgan fingerprint density at radius 2 is 1.12 bits per heavy atom. The summed E-state index contributed by atoms with van der Waals surface area (Å²) in [5.41, 5.74) is -4.24. The van der Waals surface area contributed by atoms with Gasteiger partial charge in [0, 0.05) is 28.3 Å². The van der Waals surface area contributed by atoms with Crippen LogP contribution < -0.4 is 16.6 Å². The third kappa shape index (κ3) is 15.1. The summed E-state index contributed by atoms with van der Waals surface area (Å²) in [5, 5.41) is 14.0. The van der Waals surface area contributed by atoms with E-state index in [0.29, 0.717) is 26.4 Å². The second-order valence-corrected chi connectivity index (χ2v) is 27.5. The molecule has 2 N–H and O–H groups in total. The Bertz CT molecular complexity index is 4040. The molecule has 5 heterocycles. The number of nitrogens with one attached hydrogen (secondary N) is 1. The second kappa shape index (κ2) is 26.9. The Balaban J connectivity index is 1.07. The summed E-state index contributed by atoms with van der Waals surface area (Å²) >= 11 is 0.573. The number of aliphatic hydroxyl groups is 1. The van der Waals surface area contributed by atoms with Crippen LogP contribution in [-0.4, -0.2) is 119 Å². The van der Waals surface area contributed by atoms with Crippen molar-refractivity contribution in [3.63, 3.8) is 0 Å². The zero-order chi connectivity index (χ0) is 63.3. The van der Waals surface area contributed by atoms with Gasteiger partial charge in [-0.05, 0) is 114 Å². The van der Waals surface area contributed by atoms with E-state index in [4.69, 9.17) is 41.6 Å². The largest absolute Gasteiger partial charge is 0.476 e. The van der Waals surface area contributed by atoms with Gasteiger partial charge in [0.2, 0.25) is 0 Å². The molecule has 10 rings (SSSR count). The highest BCUT2D eigenvalue weighted by molar-refractivity contribution is 8.55. The lowest BCUT2D eigenvalue weighted by atomic mass is 10.1. The highest BCUT2D eigenvalue weighted by Crippen LogP contribution is 2.67. The van der Waals surface area contributed by atoms with E-state index < -0.39 is 123 Å². The molecular weight excluding hydrogens is 1210 g/mol. The van der Waals surface area contributed by atoms with Crippen LogP contribution in [0.4, 0.5) is 5.82 Å². The van der Waals surface area contributed by atoms with Crippen LogP contribution in [0.2, 0.25) is 0 Å². The number of rotatable bonds is 21. The third-order valence-electron chi connectivity index (χ3n) is 13.3. The van der Waals surface area contributed by atoms with Crippen molar-refractivity contribution in [2.75, 3.05) is 18.5 Å². The van der Waals surface area contributed by atoms with Gasteiger partial charge in [0.15, 0.2) is 41.6 Å². The van der Waals surface area contributed by atoms with Crippen LogP contribution in [0, 0.1) is 0 Å². The Hall–Kier alpha value is -8.10. The lowest BCUT2D eigenvalue weighted by Gasteiger charge is -2.35. The summed E-state index contributed by atoms with van der Waals surface area (Å²) in [7, 11) is -4.85. The number of esters is 2. The first-order chi connectivity index (χ1) is 42.5. The number of amides is 1. The first-order valence-corrected chi connectivity index (χ1v) is 32.2. The molecule has 5 aromatic carbocycles. The molecule has 25 nitrogen and oxygen atoms in total. The first-order valence-electron chi connectivity index (χ1n) is 27.8. The minimum atomic E-state index is -4.97. The molecule has 0 aliphatic carbocycles. The summed E-state index contributed by atoms with van der Waals surface area (Å²) < 4.78 is 91.3. The van der Waals surface area contributed by atoms with Gasteiger partial charge in [-0.3, -0.25) is 46.1 Å². The SMILES string of the molecule is CC(C)(C)OP(=O)(O[C@@H]1[C@H](OP(=O)(OC[C@H]2O[C@@H](n3ccc(=O)n(C(=O)c4ccccc4)c3=O)[C@H](OC(=O)c3ccccc3)[C@@H]2OC(=O)c2ccccc2)Sc2ccccc2)[C@@H](CO)O[C@H]1n1cnc2c(NC(=O)c3ccccc3)ncnc21)OC(C)(C)C. The molecule has 0 spiro atoms. The molecule has 2 fully saturated rings. The topological polar surface area (TPSA) is 305 Å². The molecule has 9 atom stereocenters. The Morgan fingerprint density at radius 1 is 0.607 bits per heavy atom. The smallest absolute Gasteiger partial charge is 0.452 e. The minimum absolute atomic E-state index is 0.00657. The van der Waals surface area contributed by atoms with Gasteiger partial charge >= 0.3 is 32.2 Å². The molecule has 464 valence electrons. The number of imidazole rings is 1. The van der Waals surface area contributed by atoms with Crippen molar-refractivity contribution in [3.8, 4) is 0 Å². The first kappa shape index (κ1) is 63.9. The number of phosphoric acid groups is 1. The number of fused-ring (bicyclic) bond motifs is 1. The van der Waals surface area contributed by atoms with Crippen LogP contribution in [0.15, 0.2) is 191 Å². The number of aromatic nitrogens is 6. The Morgan fingerprint density at radius 3 is 1.69 bits per heavy atom. The highest BCUT2D eigenvalue weighted by atomic mass is 32.7. The standard InChI is InChI=1S/C61H61N7O18P2S/c1-60(2,3)85-87(76,86-61(4,5)6)83-50-48(43(34-69)79-56(50)67-37-64-46-51(62-36-63-52(46)67)65-53(71)38-22-12-7-13-23-38)84-88(77,89-42-30-20-11-21-31-42)78-35-44-47(81-57(73)40-26-16-9-17-27-40)49(82-58(74)41-28-18-10-19-29-41)55(80-44)66-33-32-45(70)68(59(66)75)54(72)39-24-14-8-15-25-39/h7-33,36-37,43-44,47-50,55-56,69H,34-35H2,1-6H3,(H,62,63,65,71)/t43-,44-,47-,48-,49-,50-,55-,56-,88?/m1/s1. The summed E-state index contributed by atoms with van der Waals surface area (Å²) in [4.78, 5) is 97.6. The molecule has 89 heavy (non-hydrogen) atoms. The van der Waals surface area contributed by atoms with Gasteiger partial charge in [0.1, 0.15) is 30.7 Å². The maximum atomic E-state index is 16.2. The van der Waals surface area contributed by atoms with Crippen LogP contribution >= 0.6 is 26.0 Å². The Labute approximate surface area is 513 Å². The number of hydrogen-bond acceptors (Lipinski definition) is 22. The van der Waals surface area contributed by atoms with Gasteiger partial charge in [-0.1, -0.05) is 91.0 Å². The van der Waals surface area contributed by atoms with E-state index >= 15 is 9.13 Å². The molecule has 1 amide bonds. The molecule has 2 aliphatic heterocycles. The summed E-state index contributed by atoms with van der Waals surface area (Å²) in [6.07, 6.45) is -10.2. The number of phosphoric ester groups is 1. The van der Waals surface area contributed by atoms with Crippen molar-refractivity contribution in [2.24, 2.45) is 0 Å². The summed E-state index contributed by atoms with van der Waals surface area (Å²) in [6, 6.07) is 40.3. The number of nitrogens with zero attached hydrogens (tertiary/aromatic N) is 6. The summed E-state index contributed by atoms with van der Waals surface area (Å²) in [5.74, 6) is -3.48. The quantitative estimate of drug-likeness (QED) is 0.0499. The molecule has 0 bridgehead atoms. The van der Waals surface area contributed by atoms with Gasteiger partial charge in [0.25, 0.3) is 17.4 Å². The number of aliphatic hydroxyl groups excluding tert-OH is 1. The van der Waals surface area contributed by atoms with Gasteiger partial charge in [0.05, 0.1) is 41.9 Å². The van der Waals surface area contributed by atoms with E-state index in [1.807, 2.05) is 0 Å². The van der Waals surface area contributed by atoms with Gasteiger partial charge in [-0.25, -0.2) is 38.5 Å². The third-order valence-corrected chi connectivity index (χ3v) is 18.9. The average Bonchev–Trinajstić information content (AvgIpc) is 1.66. The molecule has 0 radical (unpaired) electrons. The summed E-state index contributed by atoms with van der Waals surface area (Å²) in [6.45, 7) is 2.92. The van der Waals surface area contributed by atoms with E-state index in [-0.39, 0.29) is 33.7 Å². The fourth-order valence-corrected chi connectivity index (χ4v) is 15.0. The Kier molecular flexibility index (Phi) is 19.3. The van der Waals surface area contributed by atoms with Crippen LogP contribution in [-0.2, 0) is 50.7 Å². The molecule has 3 aromatic heterocycles. The predicted octanol–water partition coefficient (Wildman–Crippen LogP) is 9.45. The number of anilines is 1. The average molecular weight is 1270 g/mol. The number of carbonyl (C=O) groups is 4. The van der Waals surface area contributed by atoms with Crippen LogP contribution in [0.3, 0.4) is 0 Å². The lowest BCUT2D eigenvalue weighted by molar-refractivity contribution is -0.0631. The maximum absolute atomic E-state index is 16.2. The van der Waals surface area contributed by atoms with Crippen LogP contribution in [0.1, 0.15) is 95.4 Å². The lowest BCUT2D eigenvalue weighted by Crippen LogP contribution is -2.47. The van der Waals surface area contributed by atoms with Crippen molar-refractivity contribution < 1.29 is 75.0 Å². The fourth-order valence-electron chi connectivity index (χ4n) is 9.55. The van der Waals surface area contributed by atoms with E-state index in [9.17, 15) is 33.9 Å².